The number of aryl methyl sites for hydroxylation is 1. The number of anilines is 2. The number of ether oxygens (including phenoxy) is 1. The number of methoxy groups -OCH3 is 1. The van der Waals surface area contributed by atoms with Crippen LogP contribution in [0.15, 0.2) is 36.4 Å². The highest BCUT2D eigenvalue weighted by molar-refractivity contribution is 6.31. The number of rotatable bonds is 4. The zero-order valence-corrected chi connectivity index (χ0v) is 17.7. The van der Waals surface area contributed by atoms with Gasteiger partial charge >= 0.3 is 0 Å². The van der Waals surface area contributed by atoms with E-state index in [1.807, 2.05) is 25.1 Å². The summed E-state index contributed by atoms with van der Waals surface area (Å²) >= 11 is 6.09. The van der Waals surface area contributed by atoms with Crippen LogP contribution in [0.1, 0.15) is 24.5 Å². The van der Waals surface area contributed by atoms with E-state index < -0.39 is 23.6 Å². The average molecular weight is 430 g/mol. The molecule has 2 amide bonds. The molecule has 0 saturated carbocycles. The van der Waals surface area contributed by atoms with Gasteiger partial charge in [0.1, 0.15) is 11.3 Å². The first-order valence-electron chi connectivity index (χ1n) is 9.79. The molecule has 2 heterocycles. The summed E-state index contributed by atoms with van der Waals surface area (Å²) in [4.78, 5) is 26.7. The van der Waals surface area contributed by atoms with Gasteiger partial charge in [-0.05, 0) is 44.0 Å². The van der Waals surface area contributed by atoms with Crippen molar-refractivity contribution in [1.82, 2.24) is 5.32 Å². The summed E-state index contributed by atoms with van der Waals surface area (Å²) in [5.41, 5.74) is 1.50. The van der Waals surface area contributed by atoms with Gasteiger partial charge in [-0.25, -0.2) is 0 Å². The minimum Gasteiger partial charge on any atom is -0.495 e. The predicted molar refractivity (Wildman–Crippen MR) is 115 cm³/mol. The molecule has 1 fully saturated rings. The van der Waals surface area contributed by atoms with Crippen LogP contribution in [0.4, 0.5) is 11.4 Å². The van der Waals surface area contributed by atoms with E-state index in [0.717, 1.165) is 5.56 Å². The summed E-state index contributed by atoms with van der Waals surface area (Å²) in [7, 11) is 1.50. The number of hydrogen-bond acceptors (Lipinski definition) is 5. The minimum atomic E-state index is -1.26. The van der Waals surface area contributed by atoms with Crippen molar-refractivity contribution in [3.8, 4) is 5.75 Å². The number of aliphatic hydroxyl groups excluding tert-OH is 1. The van der Waals surface area contributed by atoms with Crippen LogP contribution in [-0.4, -0.2) is 36.2 Å². The molecule has 2 aliphatic heterocycles. The molecule has 0 radical (unpaired) electrons. The maximum Gasteiger partial charge on any atom is 0.250 e. The molecule has 4 rings (SSSR count). The molecule has 1 spiro atoms. The highest BCUT2D eigenvalue weighted by atomic mass is 35.5. The van der Waals surface area contributed by atoms with Crippen LogP contribution in [-0.2, 0) is 15.1 Å². The molecule has 158 valence electrons. The summed E-state index contributed by atoms with van der Waals surface area (Å²) in [6.07, 6.45) is -0.435. The molecule has 7 nitrogen and oxygen atoms in total. The Morgan fingerprint density at radius 2 is 2.13 bits per heavy atom. The van der Waals surface area contributed by atoms with Crippen molar-refractivity contribution in [2.75, 3.05) is 17.7 Å². The zero-order chi connectivity index (χ0) is 21.6. The van der Waals surface area contributed by atoms with E-state index in [1.54, 1.807) is 25.1 Å². The van der Waals surface area contributed by atoms with Crippen molar-refractivity contribution in [3.63, 3.8) is 0 Å². The van der Waals surface area contributed by atoms with Gasteiger partial charge in [0.25, 0.3) is 0 Å². The van der Waals surface area contributed by atoms with Gasteiger partial charge in [-0.1, -0.05) is 29.8 Å². The normalized spacial score (nSPS) is 25.7. The molecule has 0 unspecified atom stereocenters. The Kier molecular flexibility index (Phi) is 5.22. The first-order valence-corrected chi connectivity index (χ1v) is 10.2. The van der Waals surface area contributed by atoms with Crippen LogP contribution >= 0.6 is 11.6 Å². The van der Waals surface area contributed by atoms with Gasteiger partial charge in [0.05, 0.1) is 24.8 Å². The lowest BCUT2D eigenvalue weighted by molar-refractivity contribution is -0.130. The predicted octanol–water partition coefficient (Wildman–Crippen LogP) is 2.80. The van der Waals surface area contributed by atoms with E-state index in [-0.39, 0.29) is 11.8 Å². The smallest absolute Gasteiger partial charge is 0.250 e. The number of carbonyl (C=O) groups is 2. The van der Waals surface area contributed by atoms with Gasteiger partial charge in [-0.2, -0.15) is 0 Å². The second-order valence-corrected chi connectivity index (χ2v) is 8.31. The second-order valence-electron chi connectivity index (χ2n) is 7.87. The number of halogens is 1. The second kappa shape index (κ2) is 7.58. The maximum atomic E-state index is 13.5. The lowest BCUT2D eigenvalue weighted by Gasteiger charge is -2.29. The Hall–Kier alpha value is -2.61. The third kappa shape index (κ3) is 3.14. The molecule has 0 aliphatic carbocycles. The topological polar surface area (TPSA) is 99.7 Å². The minimum absolute atomic E-state index is 0.298. The zero-order valence-electron chi connectivity index (χ0n) is 17.0. The Labute approximate surface area is 179 Å². The van der Waals surface area contributed by atoms with Crippen molar-refractivity contribution in [2.45, 2.75) is 38.0 Å². The summed E-state index contributed by atoms with van der Waals surface area (Å²) < 4.78 is 5.33. The van der Waals surface area contributed by atoms with Gasteiger partial charge in [0.2, 0.25) is 11.8 Å². The fourth-order valence-corrected chi connectivity index (χ4v) is 4.66. The first kappa shape index (κ1) is 20.7. The Bertz CT molecular complexity index is 1030. The molecule has 1 saturated heterocycles. The number of hydrogen-bond donors (Lipinski definition) is 4. The average Bonchev–Trinajstić information content (AvgIpc) is 3.24. The van der Waals surface area contributed by atoms with Crippen molar-refractivity contribution in [1.29, 1.82) is 0 Å². The van der Waals surface area contributed by atoms with E-state index in [2.05, 4.69) is 16.0 Å². The lowest BCUT2D eigenvalue weighted by atomic mass is 9.79. The SMILES string of the molecule is COc1ccc(Cl)cc1NC(=O)[C@@H]1C[C@H]([C@H](C)O)N[C@]12C(=O)Nc1c(C)cccc12. The third-order valence-corrected chi connectivity index (χ3v) is 6.27. The largest absolute Gasteiger partial charge is 0.495 e. The van der Waals surface area contributed by atoms with E-state index in [4.69, 9.17) is 16.3 Å². The van der Waals surface area contributed by atoms with Crippen molar-refractivity contribution in [2.24, 2.45) is 5.92 Å². The van der Waals surface area contributed by atoms with Crippen LogP contribution in [0.5, 0.6) is 5.75 Å². The number of carbonyl (C=O) groups excluding carboxylic acids is 2. The molecule has 0 bridgehead atoms. The number of para-hydroxylation sites is 1. The first-order chi connectivity index (χ1) is 14.3. The fraction of sp³-hybridized carbons (Fsp3) is 0.364. The van der Waals surface area contributed by atoms with Gasteiger partial charge in [0, 0.05) is 22.3 Å². The van der Waals surface area contributed by atoms with E-state index >= 15 is 0 Å². The standard InChI is InChI=1S/C22H24ClN3O4/c1-11-5-4-6-14-19(11)25-21(29)22(14)15(10-16(26-22)12(2)27)20(28)24-17-9-13(23)7-8-18(17)30-3/h4-9,12,15-16,26-27H,10H2,1-3H3,(H,24,28)(H,25,29)/t12-,15-,16+,22-/m0/s1. The monoisotopic (exact) mass is 429 g/mol. The van der Waals surface area contributed by atoms with Crippen LogP contribution < -0.4 is 20.7 Å². The number of nitrogens with one attached hydrogen (secondary N) is 3. The molecule has 2 aromatic rings. The molecule has 8 heteroatoms. The van der Waals surface area contributed by atoms with Gasteiger partial charge in [0.15, 0.2) is 0 Å². The van der Waals surface area contributed by atoms with Crippen molar-refractivity contribution < 1.29 is 19.4 Å². The third-order valence-electron chi connectivity index (χ3n) is 6.04. The number of fused-ring (bicyclic) bond motifs is 2. The molecule has 0 aromatic heterocycles. The van der Waals surface area contributed by atoms with Crippen LogP contribution in [0, 0.1) is 12.8 Å². The van der Waals surface area contributed by atoms with Gasteiger partial charge in [-0.15, -0.1) is 0 Å². The van der Waals surface area contributed by atoms with Crippen molar-refractivity contribution in [3.05, 3.63) is 52.5 Å². The Balaban J connectivity index is 1.76. The Morgan fingerprint density at radius 1 is 1.37 bits per heavy atom. The molecular formula is C22H24ClN3O4. The summed E-state index contributed by atoms with van der Waals surface area (Å²) in [5.74, 6) is -0.931. The van der Waals surface area contributed by atoms with Crippen molar-refractivity contribution >= 4 is 34.8 Å². The van der Waals surface area contributed by atoms with E-state index in [0.29, 0.717) is 34.1 Å². The number of amides is 2. The lowest BCUT2D eigenvalue weighted by Crippen LogP contribution is -2.53. The van der Waals surface area contributed by atoms with E-state index in [9.17, 15) is 14.7 Å². The Morgan fingerprint density at radius 3 is 2.83 bits per heavy atom. The fourth-order valence-electron chi connectivity index (χ4n) is 4.49. The number of aliphatic hydroxyl groups is 1. The van der Waals surface area contributed by atoms with E-state index in [1.165, 1.54) is 7.11 Å². The van der Waals surface area contributed by atoms with Gasteiger partial charge < -0.3 is 20.5 Å². The number of benzene rings is 2. The molecule has 30 heavy (non-hydrogen) atoms. The molecule has 4 N–H and O–H groups in total. The van der Waals surface area contributed by atoms with Crippen LogP contribution in [0.25, 0.3) is 0 Å². The maximum absolute atomic E-state index is 13.5. The van der Waals surface area contributed by atoms with Gasteiger partial charge in [-0.3, -0.25) is 14.9 Å². The highest BCUT2D eigenvalue weighted by Crippen LogP contribution is 2.48. The summed E-state index contributed by atoms with van der Waals surface area (Å²) in [5, 5.41) is 19.8. The quantitative estimate of drug-likeness (QED) is 0.599. The summed E-state index contributed by atoms with van der Waals surface area (Å²) in [6.45, 7) is 3.56. The molecule has 2 aromatic carbocycles. The summed E-state index contributed by atoms with van der Waals surface area (Å²) in [6, 6.07) is 10.1. The molecule has 2 aliphatic rings. The molecular weight excluding hydrogens is 406 g/mol. The molecule has 4 atom stereocenters. The highest BCUT2D eigenvalue weighted by Gasteiger charge is 2.60. The van der Waals surface area contributed by atoms with Crippen LogP contribution in [0.3, 0.4) is 0 Å². The van der Waals surface area contributed by atoms with Crippen LogP contribution in [0.2, 0.25) is 5.02 Å².